The molecule has 1 fully saturated rings. The normalized spacial score (nSPS) is 14.7. The Kier molecular flexibility index (Phi) is 6.59. The van der Waals surface area contributed by atoms with Crippen LogP contribution in [0.25, 0.3) is 17.0 Å². The Morgan fingerprint density at radius 3 is 2.52 bits per heavy atom. The summed E-state index contributed by atoms with van der Waals surface area (Å²) in [6, 6.07) is 14.3. The van der Waals surface area contributed by atoms with E-state index in [0.29, 0.717) is 27.4 Å². The monoisotopic (exact) mass is 416 g/mol. The fourth-order valence-electron chi connectivity index (χ4n) is 2.77. The molecule has 0 aliphatic carbocycles. The molecule has 1 aliphatic heterocycles. The average Bonchev–Trinajstić information content (AvgIpc) is 3.01. The second-order valence-corrected chi connectivity index (χ2v) is 7.13. The van der Waals surface area contributed by atoms with E-state index in [4.69, 9.17) is 4.74 Å². The second-order valence-electron chi connectivity index (χ2n) is 6.12. The van der Waals surface area contributed by atoms with Gasteiger partial charge in [-0.15, -0.1) is 0 Å². The molecule has 4 rings (SSSR count). The molecule has 0 bridgehead atoms. The third-order valence-corrected chi connectivity index (χ3v) is 5.07. The summed E-state index contributed by atoms with van der Waals surface area (Å²) in [5.41, 5.74) is 1.29. The van der Waals surface area contributed by atoms with Gasteiger partial charge in [-0.3, -0.25) is 24.3 Å². The minimum absolute atomic E-state index is 0. The number of aromatic nitrogens is 2. The molecule has 0 saturated carbocycles. The van der Waals surface area contributed by atoms with Crippen LogP contribution in [0.15, 0.2) is 58.2 Å². The van der Waals surface area contributed by atoms with Gasteiger partial charge < -0.3 is 4.74 Å². The summed E-state index contributed by atoms with van der Waals surface area (Å²) in [6.45, 7) is 0.143. The van der Waals surface area contributed by atoms with Crippen molar-refractivity contribution in [3.8, 4) is 5.75 Å². The summed E-state index contributed by atoms with van der Waals surface area (Å²) in [6.07, 6.45) is 1.64. The van der Waals surface area contributed by atoms with Crippen LogP contribution in [-0.2, 0) is 18.4 Å². The number of hydrogen-bond donors (Lipinski definition) is 1. The predicted octanol–water partition coefficient (Wildman–Crippen LogP) is 2.46. The standard InChI is InChI=1S/C20H15N3O4S.Na/c1-23-17(21-15-5-3-2-4-14(15)19(23)25)11-27-13-8-6-12(7-9-13)10-16-18(24)22-20(26)28-16;/h2-10H,11H2,1H3,(H,22,24,26);. The van der Waals surface area contributed by atoms with Gasteiger partial charge in [0.15, 0.2) is 0 Å². The summed E-state index contributed by atoms with van der Waals surface area (Å²) < 4.78 is 7.24. The maximum Gasteiger partial charge on any atom is 0.290 e. The molecule has 2 heterocycles. The van der Waals surface area contributed by atoms with Crippen molar-refractivity contribution in [2.45, 2.75) is 6.61 Å². The number of imide groups is 1. The van der Waals surface area contributed by atoms with Crippen LogP contribution in [0.2, 0.25) is 0 Å². The molecule has 7 nitrogen and oxygen atoms in total. The Morgan fingerprint density at radius 1 is 1.10 bits per heavy atom. The van der Waals surface area contributed by atoms with Gasteiger partial charge >= 0.3 is 0 Å². The first-order valence-electron chi connectivity index (χ1n) is 8.43. The van der Waals surface area contributed by atoms with Gasteiger partial charge in [0.2, 0.25) is 0 Å². The van der Waals surface area contributed by atoms with E-state index in [1.807, 2.05) is 12.1 Å². The van der Waals surface area contributed by atoms with Crippen molar-refractivity contribution < 1.29 is 14.3 Å². The summed E-state index contributed by atoms with van der Waals surface area (Å²) in [7, 11) is 1.67. The summed E-state index contributed by atoms with van der Waals surface area (Å²) in [5.74, 6) is 0.732. The van der Waals surface area contributed by atoms with Gasteiger partial charge in [0.25, 0.3) is 16.7 Å². The van der Waals surface area contributed by atoms with Crippen LogP contribution in [0.4, 0.5) is 4.79 Å². The number of nitrogens with zero attached hydrogens (tertiary/aromatic N) is 2. The quantitative estimate of drug-likeness (QED) is 0.519. The van der Waals surface area contributed by atoms with E-state index in [0.717, 1.165) is 17.3 Å². The number of amides is 2. The van der Waals surface area contributed by atoms with Crippen LogP contribution in [0.1, 0.15) is 11.4 Å². The van der Waals surface area contributed by atoms with Crippen molar-refractivity contribution in [3.63, 3.8) is 0 Å². The van der Waals surface area contributed by atoms with Gasteiger partial charge in [-0.1, -0.05) is 24.3 Å². The van der Waals surface area contributed by atoms with E-state index in [9.17, 15) is 14.4 Å². The Balaban J connectivity index is 0.00000240. The zero-order chi connectivity index (χ0) is 19.7. The Hall–Kier alpha value is -2.39. The Morgan fingerprint density at radius 2 is 1.83 bits per heavy atom. The SMILES string of the molecule is Cn1c(COc2ccc(C=C3SC(=O)NC3=O)cc2)nc2ccccc2c1=O.[Na]. The van der Waals surface area contributed by atoms with E-state index in [-0.39, 0.29) is 47.0 Å². The average molecular weight is 416 g/mol. The molecule has 2 amide bonds. The van der Waals surface area contributed by atoms with E-state index in [2.05, 4.69) is 10.3 Å². The van der Waals surface area contributed by atoms with Crippen LogP contribution < -0.4 is 15.6 Å². The molecule has 29 heavy (non-hydrogen) atoms. The molecule has 0 spiro atoms. The largest absolute Gasteiger partial charge is 0.486 e. The number of nitrogens with one attached hydrogen (secondary N) is 1. The van der Waals surface area contributed by atoms with Crippen LogP contribution in [0.5, 0.6) is 5.75 Å². The number of benzene rings is 2. The molecule has 0 unspecified atom stereocenters. The first-order chi connectivity index (χ1) is 13.5. The second kappa shape index (κ2) is 8.96. The number of carbonyl (C=O) groups excluding carboxylic acids is 2. The van der Waals surface area contributed by atoms with Crippen molar-refractivity contribution in [3.05, 3.63) is 75.2 Å². The fraction of sp³-hybridized carbons (Fsp3) is 0.100. The Bertz CT molecular complexity index is 1190. The van der Waals surface area contributed by atoms with E-state index in [1.165, 1.54) is 4.57 Å². The van der Waals surface area contributed by atoms with E-state index >= 15 is 0 Å². The number of fused-ring (bicyclic) bond motifs is 1. The zero-order valence-electron chi connectivity index (χ0n) is 15.8. The number of ether oxygens (including phenoxy) is 1. The van der Waals surface area contributed by atoms with Gasteiger partial charge in [-0.05, 0) is 47.7 Å². The number of rotatable bonds is 4. The number of thioether (sulfide) groups is 1. The molecule has 141 valence electrons. The summed E-state index contributed by atoms with van der Waals surface area (Å²) in [4.78, 5) is 40.1. The first kappa shape index (κ1) is 21.3. The van der Waals surface area contributed by atoms with Gasteiger partial charge in [0, 0.05) is 36.6 Å². The minimum Gasteiger partial charge on any atom is -0.486 e. The molecule has 1 radical (unpaired) electrons. The van der Waals surface area contributed by atoms with Crippen molar-refractivity contribution in [2.24, 2.45) is 7.05 Å². The van der Waals surface area contributed by atoms with Crippen molar-refractivity contribution in [1.82, 2.24) is 14.9 Å². The molecule has 0 atom stereocenters. The van der Waals surface area contributed by atoms with Crippen LogP contribution in [0.3, 0.4) is 0 Å². The van der Waals surface area contributed by atoms with E-state index < -0.39 is 5.91 Å². The third kappa shape index (κ3) is 4.62. The van der Waals surface area contributed by atoms with Crippen molar-refractivity contribution >= 4 is 69.4 Å². The van der Waals surface area contributed by atoms with Gasteiger partial charge in [-0.25, -0.2) is 4.98 Å². The fourth-order valence-corrected chi connectivity index (χ4v) is 3.46. The maximum absolute atomic E-state index is 12.4. The molecule has 3 aromatic rings. The number of hydrogen-bond acceptors (Lipinski definition) is 6. The summed E-state index contributed by atoms with van der Waals surface area (Å²) in [5, 5.41) is 2.41. The number of carbonyl (C=O) groups is 2. The third-order valence-electron chi connectivity index (χ3n) is 4.26. The van der Waals surface area contributed by atoms with Gasteiger partial charge in [-0.2, -0.15) is 0 Å². The first-order valence-corrected chi connectivity index (χ1v) is 9.25. The number of para-hydroxylation sites is 1. The van der Waals surface area contributed by atoms with Gasteiger partial charge in [0.05, 0.1) is 15.8 Å². The summed E-state index contributed by atoms with van der Waals surface area (Å²) >= 11 is 0.874. The van der Waals surface area contributed by atoms with Crippen molar-refractivity contribution in [1.29, 1.82) is 0 Å². The minimum atomic E-state index is -0.390. The molecule has 1 saturated heterocycles. The van der Waals surface area contributed by atoms with Crippen LogP contribution >= 0.6 is 11.8 Å². The van der Waals surface area contributed by atoms with Crippen LogP contribution in [-0.4, -0.2) is 50.3 Å². The maximum atomic E-state index is 12.4. The molecule has 9 heteroatoms. The molecule has 1 N–H and O–H groups in total. The van der Waals surface area contributed by atoms with Crippen molar-refractivity contribution in [2.75, 3.05) is 0 Å². The predicted molar refractivity (Wildman–Crippen MR) is 113 cm³/mol. The topological polar surface area (TPSA) is 90.3 Å². The Labute approximate surface area is 192 Å². The molecule has 1 aliphatic rings. The molecular formula is C20H15N3NaO4S. The molecule has 2 aromatic carbocycles. The molecular weight excluding hydrogens is 401 g/mol. The smallest absolute Gasteiger partial charge is 0.290 e. The molecule has 1 aromatic heterocycles. The van der Waals surface area contributed by atoms with Crippen LogP contribution in [0, 0.1) is 0 Å². The zero-order valence-corrected chi connectivity index (χ0v) is 18.7. The van der Waals surface area contributed by atoms with Gasteiger partial charge in [0.1, 0.15) is 18.2 Å². The van der Waals surface area contributed by atoms with E-state index in [1.54, 1.807) is 49.5 Å².